The van der Waals surface area contributed by atoms with E-state index in [0.717, 1.165) is 5.69 Å². The van der Waals surface area contributed by atoms with E-state index in [1.807, 2.05) is 13.0 Å². The molecule has 0 bridgehead atoms. The van der Waals surface area contributed by atoms with Gasteiger partial charge in [-0.25, -0.2) is 13.1 Å². The number of carbonyl (C=O) groups excluding carboxylic acids is 2. The summed E-state index contributed by atoms with van der Waals surface area (Å²) in [6.07, 6.45) is 2.51. The van der Waals surface area contributed by atoms with Crippen molar-refractivity contribution < 1.29 is 18.0 Å². The predicted molar refractivity (Wildman–Crippen MR) is 105 cm³/mol. The Morgan fingerprint density at radius 3 is 2.75 bits per heavy atom. The number of nitrogens with one attached hydrogen (secondary N) is 2. The standard InChI is InChI=1S/C18H21ClN4O4S/c1-2-16-15(10-20-23(16)14-5-3-4-13(19)9-14)18(25)22-21-17(24)8-12-6-7-28(26,27)11-12/h3-5,9-10,12H,2,6-8,11H2,1H3,(H,21,24)(H,22,25). The van der Waals surface area contributed by atoms with Crippen LogP contribution in [-0.2, 0) is 21.1 Å². The summed E-state index contributed by atoms with van der Waals surface area (Å²) in [5.41, 5.74) is 6.48. The Bertz CT molecular complexity index is 1000. The van der Waals surface area contributed by atoms with Crippen LogP contribution >= 0.6 is 11.6 Å². The highest BCUT2D eigenvalue weighted by atomic mass is 35.5. The van der Waals surface area contributed by atoms with E-state index in [9.17, 15) is 18.0 Å². The number of nitrogens with zero attached hydrogens (tertiary/aromatic N) is 2. The lowest BCUT2D eigenvalue weighted by molar-refractivity contribution is -0.122. The SMILES string of the molecule is CCc1c(C(=O)NNC(=O)CC2CCS(=O)(=O)C2)cnn1-c1cccc(Cl)c1. The highest BCUT2D eigenvalue weighted by molar-refractivity contribution is 7.91. The van der Waals surface area contributed by atoms with Crippen molar-refractivity contribution in [2.24, 2.45) is 5.92 Å². The minimum atomic E-state index is -3.04. The van der Waals surface area contributed by atoms with E-state index in [1.54, 1.807) is 22.9 Å². The van der Waals surface area contributed by atoms with Crippen LogP contribution in [0.2, 0.25) is 5.02 Å². The highest BCUT2D eigenvalue weighted by Crippen LogP contribution is 2.21. The summed E-state index contributed by atoms with van der Waals surface area (Å²) < 4.78 is 24.6. The molecule has 28 heavy (non-hydrogen) atoms. The van der Waals surface area contributed by atoms with Gasteiger partial charge in [-0.1, -0.05) is 24.6 Å². The van der Waals surface area contributed by atoms with E-state index in [-0.39, 0.29) is 23.8 Å². The Kier molecular flexibility index (Phi) is 6.04. The van der Waals surface area contributed by atoms with Crippen molar-refractivity contribution in [1.82, 2.24) is 20.6 Å². The third-order valence-electron chi connectivity index (χ3n) is 4.62. The van der Waals surface area contributed by atoms with Crippen LogP contribution in [0.15, 0.2) is 30.5 Å². The van der Waals surface area contributed by atoms with E-state index in [0.29, 0.717) is 29.1 Å². The lowest BCUT2D eigenvalue weighted by Gasteiger charge is -2.11. The van der Waals surface area contributed by atoms with Crippen LogP contribution in [0.25, 0.3) is 5.69 Å². The van der Waals surface area contributed by atoms with E-state index in [4.69, 9.17) is 11.6 Å². The van der Waals surface area contributed by atoms with Gasteiger partial charge >= 0.3 is 0 Å². The fraction of sp³-hybridized carbons (Fsp3) is 0.389. The highest BCUT2D eigenvalue weighted by Gasteiger charge is 2.29. The van der Waals surface area contributed by atoms with Gasteiger partial charge in [0.25, 0.3) is 5.91 Å². The van der Waals surface area contributed by atoms with Gasteiger partial charge in [0, 0.05) is 11.4 Å². The molecular weight excluding hydrogens is 404 g/mol. The molecule has 0 radical (unpaired) electrons. The lowest BCUT2D eigenvalue weighted by atomic mass is 10.1. The van der Waals surface area contributed by atoms with Crippen LogP contribution in [0.5, 0.6) is 0 Å². The van der Waals surface area contributed by atoms with Crippen LogP contribution in [0.4, 0.5) is 0 Å². The fourth-order valence-electron chi connectivity index (χ4n) is 3.27. The molecule has 1 aliphatic rings. The molecular formula is C18H21ClN4O4S. The van der Waals surface area contributed by atoms with Crippen LogP contribution < -0.4 is 10.9 Å². The molecule has 2 aromatic rings. The lowest BCUT2D eigenvalue weighted by Crippen LogP contribution is -2.42. The monoisotopic (exact) mass is 424 g/mol. The molecule has 1 atom stereocenters. The van der Waals surface area contributed by atoms with Crippen LogP contribution in [0, 0.1) is 5.92 Å². The number of sulfone groups is 1. The maximum atomic E-state index is 12.5. The van der Waals surface area contributed by atoms with E-state index >= 15 is 0 Å². The molecule has 1 saturated heterocycles. The van der Waals surface area contributed by atoms with Gasteiger partial charge in [0.1, 0.15) is 0 Å². The minimum absolute atomic E-state index is 0.0146. The molecule has 1 aromatic carbocycles. The molecule has 2 heterocycles. The zero-order valence-electron chi connectivity index (χ0n) is 15.3. The topological polar surface area (TPSA) is 110 Å². The Morgan fingerprint density at radius 1 is 1.32 bits per heavy atom. The molecule has 0 aliphatic carbocycles. The van der Waals surface area contributed by atoms with E-state index < -0.39 is 21.7 Å². The summed E-state index contributed by atoms with van der Waals surface area (Å²) >= 11 is 6.03. The minimum Gasteiger partial charge on any atom is -0.273 e. The van der Waals surface area contributed by atoms with Crippen LogP contribution in [0.3, 0.4) is 0 Å². The second-order valence-electron chi connectivity index (χ2n) is 6.73. The van der Waals surface area contributed by atoms with Gasteiger partial charge < -0.3 is 0 Å². The number of hydrogen-bond donors (Lipinski definition) is 2. The normalized spacial score (nSPS) is 18.0. The molecule has 150 valence electrons. The number of carbonyl (C=O) groups is 2. The third kappa shape index (κ3) is 4.71. The Hall–Kier alpha value is -2.39. The molecule has 0 spiro atoms. The van der Waals surface area contributed by atoms with Gasteiger partial charge in [0.15, 0.2) is 9.84 Å². The Labute approximate surface area is 168 Å². The second-order valence-corrected chi connectivity index (χ2v) is 9.39. The summed E-state index contributed by atoms with van der Waals surface area (Å²) in [7, 11) is -3.04. The number of halogens is 1. The molecule has 0 saturated carbocycles. The van der Waals surface area contributed by atoms with Gasteiger partial charge in [0.2, 0.25) is 5.91 Å². The van der Waals surface area contributed by atoms with Gasteiger partial charge in [-0.05, 0) is 37.0 Å². The number of amides is 2. The van der Waals surface area contributed by atoms with Gasteiger partial charge in [-0.15, -0.1) is 0 Å². The van der Waals surface area contributed by atoms with Crippen molar-refractivity contribution in [3.05, 3.63) is 46.7 Å². The van der Waals surface area contributed by atoms with E-state index in [1.165, 1.54) is 6.20 Å². The Morgan fingerprint density at radius 2 is 2.11 bits per heavy atom. The smallest absolute Gasteiger partial charge is 0.273 e. The van der Waals surface area contributed by atoms with Crippen molar-refractivity contribution in [3.8, 4) is 5.69 Å². The Balaban J connectivity index is 1.64. The zero-order chi connectivity index (χ0) is 20.3. The molecule has 2 N–H and O–H groups in total. The molecule has 2 amide bonds. The number of benzene rings is 1. The predicted octanol–water partition coefficient (Wildman–Crippen LogP) is 1.67. The average molecular weight is 425 g/mol. The summed E-state index contributed by atoms with van der Waals surface area (Å²) in [6, 6.07) is 7.12. The summed E-state index contributed by atoms with van der Waals surface area (Å²) in [4.78, 5) is 24.5. The maximum Gasteiger partial charge on any atom is 0.273 e. The molecule has 3 rings (SSSR count). The molecule has 8 nitrogen and oxygen atoms in total. The van der Waals surface area contributed by atoms with Crippen molar-refractivity contribution in [1.29, 1.82) is 0 Å². The second kappa shape index (κ2) is 8.32. The van der Waals surface area contributed by atoms with Crippen molar-refractivity contribution >= 4 is 33.3 Å². The first kappa shape index (κ1) is 20.3. The third-order valence-corrected chi connectivity index (χ3v) is 6.69. The summed E-state index contributed by atoms with van der Waals surface area (Å²) in [5.74, 6) is -0.993. The van der Waals surface area contributed by atoms with Crippen molar-refractivity contribution in [3.63, 3.8) is 0 Å². The molecule has 1 unspecified atom stereocenters. The first-order valence-corrected chi connectivity index (χ1v) is 11.1. The number of aromatic nitrogens is 2. The number of hydrogen-bond acceptors (Lipinski definition) is 5. The number of rotatable bonds is 5. The zero-order valence-corrected chi connectivity index (χ0v) is 16.9. The van der Waals surface area contributed by atoms with Crippen molar-refractivity contribution in [2.75, 3.05) is 11.5 Å². The first-order chi connectivity index (χ1) is 13.3. The molecule has 10 heteroatoms. The molecule has 1 aromatic heterocycles. The number of hydrazine groups is 1. The fourth-order valence-corrected chi connectivity index (χ4v) is 5.32. The summed E-state index contributed by atoms with van der Waals surface area (Å²) in [6.45, 7) is 1.90. The largest absolute Gasteiger partial charge is 0.273 e. The maximum absolute atomic E-state index is 12.5. The van der Waals surface area contributed by atoms with E-state index in [2.05, 4.69) is 16.0 Å². The van der Waals surface area contributed by atoms with Gasteiger partial charge in [-0.2, -0.15) is 5.10 Å². The molecule has 1 fully saturated rings. The van der Waals surface area contributed by atoms with Crippen LogP contribution in [-0.4, -0.2) is 41.5 Å². The summed E-state index contributed by atoms with van der Waals surface area (Å²) in [5, 5.41) is 4.82. The van der Waals surface area contributed by atoms with Gasteiger partial charge in [0.05, 0.1) is 34.6 Å². The first-order valence-electron chi connectivity index (χ1n) is 8.91. The van der Waals surface area contributed by atoms with Gasteiger partial charge in [-0.3, -0.25) is 20.4 Å². The quantitative estimate of drug-likeness (QED) is 0.709. The average Bonchev–Trinajstić information content (AvgIpc) is 3.22. The van der Waals surface area contributed by atoms with Crippen molar-refractivity contribution in [2.45, 2.75) is 26.2 Å². The van der Waals surface area contributed by atoms with Crippen LogP contribution in [0.1, 0.15) is 35.8 Å². The molecule has 1 aliphatic heterocycles.